The number of nitriles is 1. The van der Waals surface area contributed by atoms with E-state index >= 15 is 0 Å². The van der Waals surface area contributed by atoms with Crippen molar-refractivity contribution in [3.63, 3.8) is 0 Å². The van der Waals surface area contributed by atoms with Gasteiger partial charge in [0.2, 0.25) is 10.0 Å². The lowest BCUT2D eigenvalue weighted by molar-refractivity contribution is 0.384. The first-order valence-corrected chi connectivity index (χ1v) is 9.66. The van der Waals surface area contributed by atoms with Crippen molar-refractivity contribution in [1.29, 1.82) is 5.26 Å². The van der Waals surface area contributed by atoms with Crippen molar-refractivity contribution in [1.82, 2.24) is 9.29 Å². The molecule has 1 aliphatic rings. The monoisotopic (exact) mass is 374 g/mol. The lowest BCUT2D eigenvalue weighted by Gasteiger charge is -2.36. The molecule has 1 aliphatic heterocycles. The topological polar surface area (TPSA) is 77.3 Å². The molecule has 1 aromatic carbocycles. The van der Waals surface area contributed by atoms with Crippen molar-refractivity contribution < 1.29 is 12.8 Å². The van der Waals surface area contributed by atoms with Gasteiger partial charge in [-0.3, -0.25) is 4.98 Å². The number of hydrogen-bond donors (Lipinski definition) is 0. The maximum atomic E-state index is 13.4. The highest BCUT2D eigenvalue weighted by Crippen LogP contribution is 2.26. The molecule has 0 bridgehead atoms. The fourth-order valence-corrected chi connectivity index (χ4v) is 4.60. The Labute approximate surface area is 152 Å². The van der Waals surface area contributed by atoms with Crippen molar-refractivity contribution in [3.8, 4) is 6.07 Å². The minimum atomic E-state index is -3.73. The molecule has 26 heavy (non-hydrogen) atoms. The van der Waals surface area contributed by atoms with Gasteiger partial charge in [0.25, 0.3) is 0 Å². The van der Waals surface area contributed by atoms with E-state index in [-0.39, 0.29) is 18.0 Å². The quantitative estimate of drug-likeness (QED) is 0.823. The molecule has 0 radical (unpaired) electrons. The molecule has 0 unspecified atom stereocenters. The third kappa shape index (κ3) is 3.41. The van der Waals surface area contributed by atoms with Gasteiger partial charge in [0.1, 0.15) is 11.9 Å². The predicted octanol–water partition coefficient (Wildman–Crippen LogP) is 2.22. The second-order valence-electron chi connectivity index (χ2n) is 6.20. The molecule has 136 valence electrons. The summed E-state index contributed by atoms with van der Waals surface area (Å²) in [7, 11) is -3.73. The summed E-state index contributed by atoms with van der Waals surface area (Å²) in [4.78, 5) is 6.27. The normalized spacial score (nSPS) is 15.7. The van der Waals surface area contributed by atoms with Gasteiger partial charge in [-0.2, -0.15) is 9.57 Å². The summed E-state index contributed by atoms with van der Waals surface area (Å²) in [5.74, 6) is -0.578. The standard InChI is InChI=1S/C18H19FN4O2S/c1-13-10-18(17(12-20)14(2)21-13)22-6-8-23(9-7-22)26(24,25)16-5-3-4-15(19)11-16/h3-5,10-11H,6-9H2,1-2H3. The molecule has 2 heterocycles. The lowest BCUT2D eigenvalue weighted by Crippen LogP contribution is -2.49. The molecule has 2 aromatic rings. The molecule has 0 N–H and O–H groups in total. The number of piperazine rings is 1. The molecule has 0 amide bonds. The van der Waals surface area contributed by atoms with E-state index in [0.717, 1.165) is 17.4 Å². The summed E-state index contributed by atoms with van der Waals surface area (Å²) >= 11 is 0. The van der Waals surface area contributed by atoms with Gasteiger partial charge in [-0.05, 0) is 38.1 Å². The van der Waals surface area contributed by atoms with Crippen LogP contribution >= 0.6 is 0 Å². The van der Waals surface area contributed by atoms with Gasteiger partial charge in [0.05, 0.1) is 21.8 Å². The molecular formula is C18H19FN4O2S. The molecule has 0 aliphatic carbocycles. The van der Waals surface area contributed by atoms with Crippen molar-refractivity contribution in [2.75, 3.05) is 31.1 Å². The first kappa shape index (κ1) is 18.3. The summed E-state index contributed by atoms with van der Waals surface area (Å²) in [5, 5.41) is 9.42. The Hall–Kier alpha value is -2.50. The minimum absolute atomic E-state index is 0.0423. The number of nitrogens with zero attached hydrogens (tertiary/aromatic N) is 4. The van der Waals surface area contributed by atoms with Gasteiger partial charge >= 0.3 is 0 Å². The highest BCUT2D eigenvalue weighted by molar-refractivity contribution is 7.89. The van der Waals surface area contributed by atoms with E-state index in [1.165, 1.54) is 22.5 Å². The number of aryl methyl sites for hydroxylation is 2. The molecule has 1 fully saturated rings. The second kappa shape index (κ2) is 7.02. The van der Waals surface area contributed by atoms with Crippen LogP contribution in [0.15, 0.2) is 35.2 Å². The molecule has 6 nitrogen and oxygen atoms in total. The third-order valence-electron chi connectivity index (χ3n) is 4.43. The van der Waals surface area contributed by atoms with Crippen LogP contribution in [0.2, 0.25) is 0 Å². The van der Waals surface area contributed by atoms with Gasteiger partial charge in [-0.25, -0.2) is 12.8 Å². The second-order valence-corrected chi connectivity index (χ2v) is 8.14. The molecule has 8 heteroatoms. The zero-order valence-corrected chi connectivity index (χ0v) is 15.4. The number of halogens is 1. The average Bonchev–Trinajstić information content (AvgIpc) is 2.61. The van der Waals surface area contributed by atoms with E-state index in [0.29, 0.717) is 24.3 Å². The highest BCUT2D eigenvalue weighted by Gasteiger charge is 2.29. The van der Waals surface area contributed by atoms with Crippen LogP contribution in [0.1, 0.15) is 17.0 Å². The molecular weight excluding hydrogens is 355 g/mol. The van der Waals surface area contributed by atoms with E-state index in [2.05, 4.69) is 11.1 Å². The molecule has 1 aromatic heterocycles. The summed E-state index contributed by atoms with van der Waals surface area (Å²) < 4.78 is 40.1. The number of rotatable bonds is 3. The summed E-state index contributed by atoms with van der Waals surface area (Å²) in [6.07, 6.45) is 0. The van der Waals surface area contributed by atoms with Gasteiger partial charge in [-0.1, -0.05) is 6.07 Å². The highest BCUT2D eigenvalue weighted by atomic mass is 32.2. The van der Waals surface area contributed by atoms with E-state index in [1.807, 2.05) is 17.9 Å². The maximum absolute atomic E-state index is 13.4. The van der Waals surface area contributed by atoms with Crippen LogP contribution in [0.4, 0.5) is 10.1 Å². The largest absolute Gasteiger partial charge is 0.368 e. The first-order chi connectivity index (χ1) is 12.3. The molecule has 0 spiro atoms. The number of sulfonamides is 1. The zero-order valence-electron chi connectivity index (χ0n) is 14.6. The number of anilines is 1. The predicted molar refractivity (Wildman–Crippen MR) is 95.8 cm³/mol. The number of pyridine rings is 1. The first-order valence-electron chi connectivity index (χ1n) is 8.22. The molecule has 0 saturated carbocycles. The molecule has 3 rings (SSSR count). The van der Waals surface area contributed by atoms with Crippen molar-refractivity contribution >= 4 is 15.7 Å². The number of aromatic nitrogens is 1. The SMILES string of the molecule is Cc1cc(N2CCN(S(=O)(=O)c3cccc(F)c3)CC2)c(C#N)c(C)n1. The summed E-state index contributed by atoms with van der Waals surface area (Å²) in [6, 6.07) is 9.07. The molecule has 1 saturated heterocycles. The van der Waals surface area contributed by atoms with Crippen LogP contribution in [0.25, 0.3) is 0 Å². The van der Waals surface area contributed by atoms with Gasteiger partial charge in [0, 0.05) is 31.9 Å². The summed E-state index contributed by atoms with van der Waals surface area (Å²) in [6.45, 7) is 5.09. The number of benzene rings is 1. The molecule has 0 atom stereocenters. The van der Waals surface area contributed by atoms with E-state index in [9.17, 15) is 18.1 Å². The Morgan fingerprint density at radius 3 is 2.46 bits per heavy atom. The van der Waals surface area contributed by atoms with E-state index in [4.69, 9.17) is 0 Å². The van der Waals surface area contributed by atoms with E-state index < -0.39 is 15.8 Å². The van der Waals surface area contributed by atoms with Crippen LogP contribution in [-0.4, -0.2) is 43.9 Å². The van der Waals surface area contributed by atoms with Crippen molar-refractivity contribution in [2.45, 2.75) is 18.7 Å². The van der Waals surface area contributed by atoms with Crippen LogP contribution in [0.3, 0.4) is 0 Å². The lowest BCUT2D eigenvalue weighted by atomic mass is 10.1. The Morgan fingerprint density at radius 1 is 1.15 bits per heavy atom. The Balaban J connectivity index is 1.81. The fraction of sp³-hybridized carbons (Fsp3) is 0.333. The van der Waals surface area contributed by atoms with Gasteiger partial charge in [-0.15, -0.1) is 0 Å². The Morgan fingerprint density at radius 2 is 1.85 bits per heavy atom. The number of hydrogen-bond acceptors (Lipinski definition) is 5. The van der Waals surface area contributed by atoms with Crippen LogP contribution < -0.4 is 4.90 Å². The van der Waals surface area contributed by atoms with Gasteiger partial charge in [0.15, 0.2) is 0 Å². The van der Waals surface area contributed by atoms with Crippen LogP contribution in [0.5, 0.6) is 0 Å². The van der Waals surface area contributed by atoms with Crippen molar-refractivity contribution in [3.05, 3.63) is 53.1 Å². The minimum Gasteiger partial charge on any atom is -0.368 e. The van der Waals surface area contributed by atoms with Crippen LogP contribution in [-0.2, 0) is 10.0 Å². The van der Waals surface area contributed by atoms with Gasteiger partial charge < -0.3 is 4.90 Å². The third-order valence-corrected chi connectivity index (χ3v) is 6.33. The Kier molecular flexibility index (Phi) is 4.94. The van der Waals surface area contributed by atoms with E-state index in [1.54, 1.807) is 6.92 Å². The smallest absolute Gasteiger partial charge is 0.243 e. The zero-order chi connectivity index (χ0) is 18.9. The maximum Gasteiger partial charge on any atom is 0.243 e. The van der Waals surface area contributed by atoms with Crippen LogP contribution in [0, 0.1) is 31.0 Å². The average molecular weight is 374 g/mol. The Bertz CT molecular complexity index is 977. The fourth-order valence-electron chi connectivity index (χ4n) is 3.14. The summed E-state index contributed by atoms with van der Waals surface area (Å²) in [5.41, 5.74) is 2.76. The van der Waals surface area contributed by atoms with Crippen molar-refractivity contribution in [2.24, 2.45) is 0 Å².